The van der Waals surface area contributed by atoms with Crippen molar-refractivity contribution in [3.8, 4) is 0 Å². The minimum atomic E-state index is -0.846. The van der Waals surface area contributed by atoms with E-state index in [1.165, 1.54) is 7.11 Å². The van der Waals surface area contributed by atoms with Gasteiger partial charge in [-0.15, -0.1) is 0 Å². The smallest absolute Gasteiger partial charge is 0.306 e. The summed E-state index contributed by atoms with van der Waals surface area (Å²) in [6.07, 6.45) is 4.05. The molecule has 4 aliphatic rings. The largest absolute Gasteiger partial charge is 0.493 e. The minimum absolute atomic E-state index is 0.0192. The maximum atomic E-state index is 13.4. The molecule has 0 aromatic rings. The average Bonchev–Trinajstić information content (AvgIpc) is 2.56. The van der Waals surface area contributed by atoms with E-state index >= 15 is 0 Å². The molecule has 1 saturated carbocycles. The Bertz CT molecular complexity index is 777. The van der Waals surface area contributed by atoms with Crippen LogP contribution >= 0.6 is 0 Å². The lowest BCUT2D eigenvalue weighted by Gasteiger charge is -2.63. The van der Waals surface area contributed by atoms with Crippen LogP contribution in [0.25, 0.3) is 0 Å². The second-order valence-electron chi connectivity index (χ2n) is 8.87. The Morgan fingerprint density at radius 2 is 1.92 bits per heavy atom. The number of carbonyl (C=O) groups is 3. The third-order valence-corrected chi connectivity index (χ3v) is 7.74. The molecule has 0 bridgehead atoms. The molecule has 1 aliphatic heterocycles. The fourth-order valence-corrected chi connectivity index (χ4v) is 6.55. The molecule has 2 fully saturated rings. The Labute approximate surface area is 153 Å². The molecule has 3 aliphatic carbocycles. The monoisotopic (exact) mass is 358 g/mol. The third kappa shape index (κ3) is 1.89. The molecule has 0 N–H and O–H groups in total. The number of hydrogen-bond donors (Lipinski definition) is 0. The number of fused-ring (bicyclic) bond motifs is 2. The molecule has 5 nitrogen and oxygen atoms in total. The van der Waals surface area contributed by atoms with Gasteiger partial charge in [0.15, 0.2) is 11.5 Å². The number of ketones is 2. The number of methoxy groups -OCH3 is 1. The number of esters is 1. The minimum Gasteiger partial charge on any atom is -0.493 e. The Hall–Kier alpha value is -1.91. The Balaban J connectivity index is 1.95. The van der Waals surface area contributed by atoms with E-state index in [1.807, 2.05) is 33.8 Å². The maximum absolute atomic E-state index is 13.4. The summed E-state index contributed by atoms with van der Waals surface area (Å²) in [6, 6.07) is 0. The van der Waals surface area contributed by atoms with Crippen molar-refractivity contribution < 1.29 is 23.9 Å². The van der Waals surface area contributed by atoms with Crippen molar-refractivity contribution in [2.24, 2.45) is 34.5 Å². The van der Waals surface area contributed by atoms with E-state index in [9.17, 15) is 14.4 Å². The van der Waals surface area contributed by atoms with Crippen molar-refractivity contribution in [3.05, 3.63) is 23.5 Å². The molecule has 7 atom stereocenters. The van der Waals surface area contributed by atoms with Gasteiger partial charge in [-0.25, -0.2) is 0 Å². The van der Waals surface area contributed by atoms with Crippen LogP contribution in [-0.2, 0) is 23.9 Å². The molecule has 4 rings (SSSR count). The van der Waals surface area contributed by atoms with Crippen LogP contribution in [0, 0.1) is 34.5 Å². The van der Waals surface area contributed by atoms with Gasteiger partial charge in [0.2, 0.25) is 5.78 Å². The van der Waals surface area contributed by atoms with Gasteiger partial charge in [-0.1, -0.05) is 26.3 Å². The lowest BCUT2D eigenvalue weighted by atomic mass is 9.40. The first kappa shape index (κ1) is 17.5. The zero-order valence-corrected chi connectivity index (χ0v) is 16.0. The van der Waals surface area contributed by atoms with E-state index in [1.54, 1.807) is 6.08 Å². The third-order valence-electron chi connectivity index (χ3n) is 7.74. The topological polar surface area (TPSA) is 69.7 Å². The fourth-order valence-electron chi connectivity index (χ4n) is 6.55. The SMILES string of the molecule is COC1=C[C@H](C)[C@@H]2C[C@H]3OC(=O)C[C@H]4C(C)=CC(=O)[C@H]([C@@]2(C)C1=O)[C@@]34C. The number of ether oxygens (including phenoxy) is 2. The van der Waals surface area contributed by atoms with Crippen LogP contribution in [0.4, 0.5) is 0 Å². The fraction of sp³-hybridized carbons (Fsp3) is 0.667. The first-order chi connectivity index (χ1) is 12.1. The van der Waals surface area contributed by atoms with Crippen LogP contribution in [0.3, 0.4) is 0 Å². The molecule has 0 aromatic carbocycles. The van der Waals surface area contributed by atoms with Gasteiger partial charge in [0.05, 0.1) is 13.5 Å². The normalized spacial score (nSPS) is 47.3. The van der Waals surface area contributed by atoms with Gasteiger partial charge in [0, 0.05) is 22.7 Å². The van der Waals surface area contributed by atoms with Gasteiger partial charge in [-0.05, 0) is 37.3 Å². The van der Waals surface area contributed by atoms with Crippen molar-refractivity contribution in [2.45, 2.75) is 46.6 Å². The van der Waals surface area contributed by atoms with E-state index in [0.29, 0.717) is 12.2 Å². The lowest BCUT2D eigenvalue weighted by Crippen LogP contribution is -2.68. The molecular formula is C21H26O5. The van der Waals surface area contributed by atoms with Crippen LogP contribution in [0.2, 0.25) is 0 Å². The lowest BCUT2D eigenvalue weighted by molar-refractivity contribution is -0.215. The first-order valence-electron chi connectivity index (χ1n) is 9.37. The highest BCUT2D eigenvalue weighted by Gasteiger charge is 2.70. The van der Waals surface area contributed by atoms with Crippen molar-refractivity contribution >= 4 is 17.5 Å². The van der Waals surface area contributed by atoms with Crippen LogP contribution in [0.5, 0.6) is 0 Å². The zero-order chi connectivity index (χ0) is 19.0. The van der Waals surface area contributed by atoms with Crippen molar-refractivity contribution in [1.82, 2.24) is 0 Å². The quantitative estimate of drug-likeness (QED) is 0.674. The van der Waals surface area contributed by atoms with Gasteiger partial charge < -0.3 is 9.47 Å². The zero-order valence-electron chi connectivity index (χ0n) is 16.0. The highest BCUT2D eigenvalue weighted by molar-refractivity contribution is 6.06. The molecule has 1 saturated heterocycles. The van der Waals surface area contributed by atoms with E-state index in [-0.39, 0.29) is 47.8 Å². The molecule has 0 spiro atoms. The molecule has 1 heterocycles. The Morgan fingerprint density at radius 3 is 2.58 bits per heavy atom. The first-order valence-corrected chi connectivity index (χ1v) is 9.37. The van der Waals surface area contributed by atoms with Crippen LogP contribution in [0.15, 0.2) is 23.5 Å². The van der Waals surface area contributed by atoms with Crippen LogP contribution in [-0.4, -0.2) is 30.7 Å². The summed E-state index contributed by atoms with van der Waals surface area (Å²) in [5.41, 5.74) is -0.474. The molecule has 5 heteroatoms. The van der Waals surface area contributed by atoms with E-state index < -0.39 is 16.7 Å². The predicted molar refractivity (Wildman–Crippen MR) is 93.8 cm³/mol. The van der Waals surface area contributed by atoms with Crippen molar-refractivity contribution in [1.29, 1.82) is 0 Å². The van der Waals surface area contributed by atoms with Gasteiger partial charge in [-0.2, -0.15) is 0 Å². The van der Waals surface area contributed by atoms with E-state index in [0.717, 1.165) is 5.57 Å². The second-order valence-corrected chi connectivity index (χ2v) is 8.87. The summed E-state index contributed by atoms with van der Waals surface area (Å²) >= 11 is 0. The van der Waals surface area contributed by atoms with Crippen molar-refractivity contribution in [3.63, 3.8) is 0 Å². The molecular weight excluding hydrogens is 332 g/mol. The highest BCUT2D eigenvalue weighted by atomic mass is 16.5. The molecule has 0 radical (unpaired) electrons. The van der Waals surface area contributed by atoms with Crippen molar-refractivity contribution in [2.75, 3.05) is 7.11 Å². The van der Waals surface area contributed by atoms with Gasteiger partial charge in [0.25, 0.3) is 0 Å². The molecule has 140 valence electrons. The van der Waals surface area contributed by atoms with E-state index in [2.05, 4.69) is 0 Å². The highest BCUT2D eigenvalue weighted by Crippen LogP contribution is 2.66. The maximum Gasteiger partial charge on any atom is 0.306 e. The number of allylic oxidation sites excluding steroid dienone is 4. The molecule has 0 amide bonds. The molecule has 0 unspecified atom stereocenters. The molecule has 26 heavy (non-hydrogen) atoms. The Morgan fingerprint density at radius 1 is 1.23 bits per heavy atom. The number of carbonyl (C=O) groups excluding carboxylic acids is 3. The summed E-state index contributed by atoms with van der Waals surface area (Å²) in [5.74, 6) is -0.524. The number of Topliss-reactive ketones (excluding diaryl/α,β-unsaturated/α-hetero) is 1. The summed E-state index contributed by atoms with van der Waals surface area (Å²) < 4.78 is 11.1. The van der Waals surface area contributed by atoms with Gasteiger partial charge in [-0.3, -0.25) is 14.4 Å². The summed E-state index contributed by atoms with van der Waals surface area (Å²) in [4.78, 5) is 38.9. The summed E-state index contributed by atoms with van der Waals surface area (Å²) in [5, 5.41) is 0. The van der Waals surface area contributed by atoms with Crippen LogP contribution in [0.1, 0.15) is 40.5 Å². The number of rotatable bonds is 1. The number of hydrogen-bond acceptors (Lipinski definition) is 5. The summed E-state index contributed by atoms with van der Waals surface area (Å²) in [7, 11) is 1.51. The van der Waals surface area contributed by atoms with Crippen LogP contribution < -0.4 is 0 Å². The Kier molecular flexibility index (Phi) is 3.57. The van der Waals surface area contributed by atoms with Gasteiger partial charge in [0.1, 0.15) is 6.10 Å². The summed E-state index contributed by atoms with van der Waals surface area (Å²) in [6.45, 7) is 7.93. The predicted octanol–water partition coefficient (Wildman–Crippen LogP) is 2.84. The standard InChI is InChI=1S/C21H26O5/c1-10-6-14(22)18-20(3)13(10)9-17(23)26-16(20)8-12-11(2)7-15(25-5)19(24)21(12,18)4/h6-7,11-13,16,18H,8-9H2,1-5H3/t11-,12-,13-,16+,18-,20+,21-/m0/s1. The molecule has 0 aromatic heterocycles. The second kappa shape index (κ2) is 5.30. The average molecular weight is 358 g/mol. The van der Waals surface area contributed by atoms with E-state index in [4.69, 9.17) is 9.47 Å². The van der Waals surface area contributed by atoms with Gasteiger partial charge >= 0.3 is 5.97 Å².